The molecule has 0 aliphatic carbocycles. The van der Waals surface area contributed by atoms with E-state index in [0.29, 0.717) is 26.1 Å². The largest absolute Gasteiger partial charge is 0.423 e. The van der Waals surface area contributed by atoms with Crippen LogP contribution in [0.5, 0.6) is 0 Å². The molecule has 0 spiro atoms. The van der Waals surface area contributed by atoms with Crippen molar-refractivity contribution in [3.05, 3.63) is 57.8 Å². The van der Waals surface area contributed by atoms with Crippen LogP contribution in [0.15, 0.2) is 29.6 Å². The van der Waals surface area contributed by atoms with Crippen molar-refractivity contribution in [2.24, 2.45) is 0 Å². The maximum Gasteiger partial charge on any atom is 0.423 e. The molecule has 1 aliphatic heterocycles. The summed E-state index contributed by atoms with van der Waals surface area (Å²) in [6.07, 6.45) is -4.84. The van der Waals surface area contributed by atoms with Gasteiger partial charge in [-0.2, -0.15) is 31.4 Å². The molecule has 0 saturated carbocycles. The second-order valence-corrected chi connectivity index (χ2v) is 8.36. The lowest BCUT2D eigenvalue weighted by molar-refractivity contribution is -0.139. The number of hydrogen-bond donors (Lipinski definition) is 2. The molecule has 10 nitrogen and oxygen atoms in total. The Morgan fingerprint density at radius 2 is 1.78 bits per heavy atom. The van der Waals surface area contributed by atoms with Crippen molar-refractivity contribution in [3.63, 3.8) is 0 Å². The third-order valence-electron chi connectivity index (χ3n) is 5.60. The fourth-order valence-corrected chi connectivity index (χ4v) is 3.87. The van der Waals surface area contributed by atoms with E-state index in [9.17, 15) is 31.1 Å². The van der Waals surface area contributed by atoms with E-state index in [0.717, 1.165) is 30.1 Å². The van der Waals surface area contributed by atoms with Crippen LogP contribution in [0.25, 0.3) is 0 Å². The molecule has 0 radical (unpaired) electrons. The highest BCUT2D eigenvalue weighted by molar-refractivity contribution is 5.50. The van der Waals surface area contributed by atoms with Gasteiger partial charge >= 0.3 is 12.4 Å². The summed E-state index contributed by atoms with van der Waals surface area (Å²) < 4.78 is 85.2. The van der Waals surface area contributed by atoms with E-state index >= 15 is 0 Å². The van der Waals surface area contributed by atoms with E-state index < -0.39 is 40.8 Å². The van der Waals surface area contributed by atoms with Crippen LogP contribution in [0.1, 0.15) is 29.6 Å². The molecule has 3 aromatic rings. The number of nitrogens with one attached hydrogen (secondary N) is 2. The molecule has 4 rings (SSSR count). The number of hydrogen-bond acceptors (Lipinski definition) is 8. The van der Waals surface area contributed by atoms with Crippen molar-refractivity contribution in [3.8, 4) is 0 Å². The summed E-state index contributed by atoms with van der Waals surface area (Å²) in [5.74, 6) is 0.929. The van der Waals surface area contributed by atoms with Crippen LogP contribution >= 0.6 is 0 Å². The van der Waals surface area contributed by atoms with Gasteiger partial charge < -0.3 is 19.5 Å². The van der Waals surface area contributed by atoms with Crippen molar-refractivity contribution < 1.29 is 31.1 Å². The second kappa shape index (κ2) is 10.4. The highest BCUT2D eigenvalue weighted by atomic mass is 19.4. The summed E-state index contributed by atoms with van der Waals surface area (Å²) in [4.78, 5) is 25.4. The number of fused-ring (bicyclic) bond motifs is 1. The van der Waals surface area contributed by atoms with Crippen LogP contribution in [0.2, 0.25) is 0 Å². The summed E-state index contributed by atoms with van der Waals surface area (Å²) in [5, 5.41) is 7.79. The van der Waals surface area contributed by atoms with E-state index in [4.69, 9.17) is 4.74 Å². The first-order valence-corrected chi connectivity index (χ1v) is 11.1. The molecule has 1 aliphatic rings. The van der Waals surface area contributed by atoms with Gasteiger partial charge in [0.2, 0.25) is 5.95 Å². The van der Waals surface area contributed by atoms with Crippen LogP contribution in [-0.4, -0.2) is 55.5 Å². The SMILES string of the molecule is C[C@@H](COCCc1ncc2n1CCN(c1ncc(C(F)(F)F)cn1)C2)Nc1cn[nH]c(=O)c1C(F)(F)F. The first kappa shape index (κ1) is 26.4. The average molecular weight is 532 g/mol. The highest BCUT2D eigenvalue weighted by Gasteiger charge is 2.37. The van der Waals surface area contributed by atoms with Gasteiger partial charge in [-0.25, -0.2) is 20.1 Å². The number of alkyl halides is 6. The van der Waals surface area contributed by atoms with Gasteiger partial charge in [0.15, 0.2) is 0 Å². The lowest BCUT2D eigenvalue weighted by atomic mass is 10.2. The zero-order valence-corrected chi connectivity index (χ0v) is 19.4. The number of H-pyrrole nitrogens is 1. The number of halogens is 6. The zero-order valence-electron chi connectivity index (χ0n) is 19.4. The number of aromatic amines is 1. The third kappa shape index (κ3) is 6.18. The van der Waals surface area contributed by atoms with E-state index in [2.05, 4.69) is 25.4 Å². The molecular weight excluding hydrogens is 510 g/mol. The minimum Gasteiger partial charge on any atom is -0.379 e. The second-order valence-electron chi connectivity index (χ2n) is 8.36. The van der Waals surface area contributed by atoms with Gasteiger partial charge in [0, 0.05) is 37.9 Å². The summed E-state index contributed by atoms with van der Waals surface area (Å²) in [6, 6.07) is -0.545. The molecule has 3 aromatic heterocycles. The Balaban J connectivity index is 1.28. The molecule has 200 valence electrons. The molecule has 0 unspecified atom stereocenters. The van der Waals surface area contributed by atoms with E-state index in [1.807, 2.05) is 4.57 Å². The Bertz CT molecular complexity index is 1270. The molecule has 37 heavy (non-hydrogen) atoms. The summed E-state index contributed by atoms with van der Waals surface area (Å²) in [6.45, 7) is 3.27. The lowest BCUT2D eigenvalue weighted by Gasteiger charge is -2.29. The fourth-order valence-electron chi connectivity index (χ4n) is 3.87. The molecule has 16 heteroatoms. The van der Waals surface area contributed by atoms with Gasteiger partial charge in [0.25, 0.3) is 5.56 Å². The van der Waals surface area contributed by atoms with Crippen molar-refractivity contribution >= 4 is 11.6 Å². The van der Waals surface area contributed by atoms with Gasteiger partial charge in [0.05, 0.1) is 49.1 Å². The third-order valence-corrected chi connectivity index (χ3v) is 5.60. The van der Waals surface area contributed by atoms with Gasteiger partial charge in [0.1, 0.15) is 11.4 Å². The number of rotatable bonds is 8. The maximum atomic E-state index is 13.2. The molecule has 1 atom stereocenters. The van der Waals surface area contributed by atoms with Crippen molar-refractivity contribution in [2.75, 3.05) is 30.0 Å². The molecule has 0 aromatic carbocycles. The van der Waals surface area contributed by atoms with E-state index in [1.165, 1.54) is 0 Å². The van der Waals surface area contributed by atoms with Crippen molar-refractivity contribution in [1.82, 2.24) is 29.7 Å². The first-order chi connectivity index (χ1) is 17.4. The van der Waals surface area contributed by atoms with Crippen LogP contribution in [0, 0.1) is 0 Å². The Morgan fingerprint density at radius 1 is 1.05 bits per heavy atom. The number of ether oxygens (including phenoxy) is 1. The quantitative estimate of drug-likeness (QED) is 0.337. The topological polar surface area (TPSA) is 114 Å². The van der Waals surface area contributed by atoms with Crippen LogP contribution in [-0.2, 0) is 36.6 Å². The predicted octanol–water partition coefficient (Wildman–Crippen LogP) is 2.87. The normalized spacial score (nSPS) is 14.9. The van der Waals surface area contributed by atoms with E-state index in [1.54, 1.807) is 23.1 Å². The Hall–Kier alpha value is -3.69. The predicted molar refractivity (Wildman–Crippen MR) is 118 cm³/mol. The molecule has 2 N–H and O–H groups in total. The Morgan fingerprint density at radius 3 is 2.46 bits per heavy atom. The summed E-state index contributed by atoms with van der Waals surface area (Å²) in [7, 11) is 0. The fraction of sp³-hybridized carbons (Fsp3) is 0.476. The molecule has 0 saturated heterocycles. The van der Waals surface area contributed by atoms with Crippen molar-refractivity contribution in [2.45, 2.75) is 44.8 Å². The number of aromatic nitrogens is 6. The van der Waals surface area contributed by atoms with Crippen LogP contribution in [0.4, 0.5) is 38.0 Å². The Labute approximate surface area is 205 Å². The molecule has 0 fully saturated rings. The lowest BCUT2D eigenvalue weighted by Crippen LogP contribution is -2.35. The van der Waals surface area contributed by atoms with Gasteiger partial charge in [-0.05, 0) is 6.92 Å². The van der Waals surface area contributed by atoms with Gasteiger partial charge in [-0.3, -0.25) is 4.79 Å². The minimum atomic E-state index is -4.84. The first-order valence-electron chi connectivity index (χ1n) is 11.1. The molecule has 0 amide bonds. The average Bonchev–Trinajstić information content (AvgIpc) is 3.23. The summed E-state index contributed by atoms with van der Waals surface area (Å²) in [5.41, 5.74) is -3.20. The zero-order chi connectivity index (χ0) is 26.8. The Kier molecular flexibility index (Phi) is 7.38. The van der Waals surface area contributed by atoms with Crippen LogP contribution in [0.3, 0.4) is 0 Å². The number of imidazole rings is 1. The number of nitrogens with zero attached hydrogens (tertiary/aromatic N) is 6. The maximum absolute atomic E-state index is 13.2. The van der Waals surface area contributed by atoms with Crippen molar-refractivity contribution in [1.29, 1.82) is 0 Å². The van der Waals surface area contributed by atoms with Gasteiger partial charge in [-0.15, -0.1) is 0 Å². The van der Waals surface area contributed by atoms with Crippen LogP contribution < -0.4 is 15.8 Å². The highest BCUT2D eigenvalue weighted by Crippen LogP contribution is 2.32. The summed E-state index contributed by atoms with van der Waals surface area (Å²) >= 11 is 0. The minimum absolute atomic E-state index is 0.0662. The smallest absolute Gasteiger partial charge is 0.379 e. The molecular formula is C21H22F6N8O2. The monoisotopic (exact) mass is 532 g/mol. The molecule has 4 heterocycles. The number of anilines is 2. The standard InChI is InChI=1S/C21H22F6N8O2/c1-12(32-15-9-31-33-18(36)17(15)21(25,26)27)11-37-5-2-16-28-8-14-10-34(3-4-35(14)16)19-29-6-13(7-30-19)20(22,23)24/h6-9,12H,2-5,10-11H2,1H3,(H2,32,33,36)/t12-/m0/s1. The van der Waals surface area contributed by atoms with Gasteiger partial charge in [-0.1, -0.05) is 0 Å². The van der Waals surface area contributed by atoms with E-state index in [-0.39, 0.29) is 19.2 Å². The molecule has 0 bridgehead atoms.